The third-order valence-corrected chi connectivity index (χ3v) is 3.54. The van der Waals surface area contributed by atoms with Gasteiger partial charge in [-0.25, -0.2) is 0 Å². The zero-order chi connectivity index (χ0) is 14.0. The number of ether oxygens (including phenoxy) is 1. The quantitative estimate of drug-likeness (QED) is 0.784. The molecule has 0 spiro atoms. The molecule has 0 aliphatic rings. The minimum atomic E-state index is -0.116. The lowest BCUT2D eigenvalue weighted by Crippen LogP contribution is -2.05. The highest BCUT2D eigenvalue weighted by Crippen LogP contribution is 2.27. The maximum atomic E-state index is 12.6. The van der Waals surface area contributed by atoms with Crippen molar-refractivity contribution in [2.24, 2.45) is 0 Å². The average molecular weight is 275 g/mol. The van der Waals surface area contributed by atoms with Crippen molar-refractivity contribution in [1.29, 1.82) is 0 Å². The first-order valence-electron chi connectivity index (χ1n) is 5.99. The Labute approximate surface area is 118 Å². The summed E-state index contributed by atoms with van der Waals surface area (Å²) in [5.74, 6) is 0.447. The Hall–Kier alpha value is -1.80. The molecule has 0 saturated carbocycles. The summed E-state index contributed by atoms with van der Waals surface area (Å²) in [6.07, 6.45) is 0. The number of carbonyl (C=O) groups is 1. The Bertz CT molecular complexity index is 633. The molecule has 0 bridgehead atoms. The Morgan fingerprint density at radius 3 is 2.53 bits per heavy atom. The topological polar surface area (TPSA) is 26.3 Å². The van der Waals surface area contributed by atoms with E-state index < -0.39 is 0 Å². The maximum absolute atomic E-state index is 12.6. The van der Waals surface area contributed by atoms with Gasteiger partial charge < -0.3 is 4.74 Å². The molecular formula is C16H15ClO2. The second-order valence-corrected chi connectivity index (χ2v) is 4.85. The van der Waals surface area contributed by atoms with Crippen molar-refractivity contribution in [1.82, 2.24) is 0 Å². The third-order valence-electron chi connectivity index (χ3n) is 3.04. The fourth-order valence-electron chi connectivity index (χ4n) is 1.97. The molecule has 0 amide bonds. The predicted molar refractivity (Wildman–Crippen MR) is 77.4 cm³/mol. The van der Waals surface area contributed by atoms with Crippen LogP contribution in [0.4, 0.5) is 0 Å². The normalized spacial score (nSPS) is 10.3. The van der Waals surface area contributed by atoms with Gasteiger partial charge >= 0.3 is 0 Å². The molecule has 2 aromatic rings. The minimum Gasteiger partial charge on any atom is -0.496 e. The van der Waals surface area contributed by atoms with Crippen molar-refractivity contribution in [3.05, 3.63) is 63.7 Å². The molecule has 2 rings (SSSR count). The highest BCUT2D eigenvalue weighted by Gasteiger charge is 2.18. The van der Waals surface area contributed by atoms with Crippen LogP contribution in [0.25, 0.3) is 0 Å². The van der Waals surface area contributed by atoms with Crippen molar-refractivity contribution in [3.8, 4) is 5.75 Å². The molecule has 0 fully saturated rings. The summed E-state index contributed by atoms with van der Waals surface area (Å²) in [6, 6.07) is 11.0. The second kappa shape index (κ2) is 5.45. The molecule has 0 unspecified atom stereocenters. The van der Waals surface area contributed by atoms with Gasteiger partial charge in [-0.05, 0) is 37.6 Å². The van der Waals surface area contributed by atoms with Crippen LogP contribution in [-0.2, 0) is 0 Å². The van der Waals surface area contributed by atoms with Gasteiger partial charge in [0, 0.05) is 5.56 Å². The van der Waals surface area contributed by atoms with Crippen LogP contribution in [0, 0.1) is 13.8 Å². The lowest BCUT2D eigenvalue weighted by molar-refractivity contribution is 0.103. The molecule has 0 N–H and O–H groups in total. The number of hydrogen-bond donors (Lipinski definition) is 0. The minimum absolute atomic E-state index is 0.116. The summed E-state index contributed by atoms with van der Waals surface area (Å²) >= 11 is 6.21. The highest BCUT2D eigenvalue weighted by molar-refractivity contribution is 6.35. The van der Waals surface area contributed by atoms with Crippen LogP contribution in [0.1, 0.15) is 27.0 Å². The van der Waals surface area contributed by atoms with Gasteiger partial charge in [0.05, 0.1) is 17.7 Å². The molecule has 0 heterocycles. The van der Waals surface area contributed by atoms with Gasteiger partial charge in [-0.3, -0.25) is 4.79 Å². The molecule has 0 aliphatic heterocycles. The Kier molecular flexibility index (Phi) is 3.91. The zero-order valence-electron chi connectivity index (χ0n) is 11.2. The fraction of sp³-hybridized carbons (Fsp3) is 0.188. The van der Waals surface area contributed by atoms with Crippen LogP contribution in [-0.4, -0.2) is 12.9 Å². The first-order chi connectivity index (χ1) is 9.04. The lowest BCUT2D eigenvalue weighted by atomic mass is 9.99. The van der Waals surface area contributed by atoms with Crippen molar-refractivity contribution in [2.45, 2.75) is 13.8 Å². The molecule has 19 heavy (non-hydrogen) atoms. The van der Waals surface area contributed by atoms with Gasteiger partial charge in [-0.1, -0.05) is 35.4 Å². The van der Waals surface area contributed by atoms with Crippen LogP contribution in [0.3, 0.4) is 0 Å². The van der Waals surface area contributed by atoms with Crippen molar-refractivity contribution in [3.63, 3.8) is 0 Å². The van der Waals surface area contributed by atoms with Gasteiger partial charge in [-0.15, -0.1) is 0 Å². The van der Waals surface area contributed by atoms with Gasteiger partial charge in [-0.2, -0.15) is 0 Å². The Morgan fingerprint density at radius 1 is 1.11 bits per heavy atom. The van der Waals surface area contributed by atoms with Crippen LogP contribution in [0.15, 0.2) is 36.4 Å². The van der Waals surface area contributed by atoms with E-state index in [1.165, 1.54) is 0 Å². The lowest BCUT2D eigenvalue weighted by Gasteiger charge is -2.10. The fourth-order valence-corrected chi connectivity index (χ4v) is 2.18. The summed E-state index contributed by atoms with van der Waals surface area (Å²) in [6.45, 7) is 3.82. The molecule has 3 heteroatoms. The molecule has 0 aromatic heterocycles. The van der Waals surface area contributed by atoms with Crippen LogP contribution < -0.4 is 4.74 Å². The summed E-state index contributed by atoms with van der Waals surface area (Å²) < 4.78 is 5.25. The van der Waals surface area contributed by atoms with Crippen molar-refractivity contribution < 1.29 is 9.53 Å². The highest BCUT2D eigenvalue weighted by atomic mass is 35.5. The largest absolute Gasteiger partial charge is 0.496 e. The number of halogens is 1. The number of rotatable bonds is 3. The van der Waals surface area contributed by atoms with E-state index >= 15 is 0 Å². The summed E-state index contributed by atoms with van der Waals surface area (Å²) in [4.78, 5) is 12.6. The Balaban J connectivity index is 2.56. The molecule has 2 nitrogen and oxygen atoms in total. The predicted octanol–water partition coefficient (Wildman–Crippen LogP) is 4.20. The van der Waals surface area contributed by atoms with E-state index in [9.17, 15) is 4.79 Å². The number of methoxy groups -OCH3 is 1. The number of benzene rings is 2. The summed E-state index contributed by atoms with van der Waals surface area (Å²) in [7, 11) is 1.55. The van der Waals surface area contributed by atoms with E-state index in [-0.39, 0.29) is 5.78 Å². The van der Waals surface area contributed by atoms with E-state index in [2.05, 4.69) is 0 Å². The molecule has 2 aromatic carbocycles. The van der Waals surface area contributed by atoms with E-state index in [0.29, 0.717) is 21.9 Å². The van der Waals surface area contributed by atoms with E-state index in [4.69, 9.17) is 16.3 Å². The number of aryl methyl sites for hydroxylation is 2. The summed E-state index contributed by atoms with van der Waals surface area (Å²) in [5.41, 5.74) is 2.94. The van der Waals surface area contributed by atoms with Crippen molar-refractivity contribution >= 4 is 17.4 Å². The SMILES string of the molecule is COc1ccc(C)cc1C(=O)c1cccc(C)c1Cl. The maximum Gasteiger partial charge on any atom is 0.198 e. The van der Waals surface area contributed by atoms with Gasteiger partial charge in [0.1, 0.15) is 5.75 Å². The smallest absolute Gasteiger partial charge is 0.198 e. The average Bonchev–Trinajstić information content (AvgIpc) is 2.41. The van der Waals surface area contributed by atoms with Gasteiger partial charge in [0.25, 0.3) is 0 Å². The second-order valence-electron chi connectivity index (χ2n) is 4.47. The molecule has 98 valence electrons. The van der Waals surface area contributed by atoms with E-state index in [0.717, 1.165) is 11.1 Å². The number of carbonyl (C=O) groups excluding carboxylic acids is 1. The molecule has 0 aliphatic carbocycles. The molecular weight excluding hydrogens is 260 g/mol. The molecule has 0 radical (unpaired) electrons. The van der Waals surface area contributed by atoms with Crippen LogP contribution >= 0.6 is 11.6 Å². The molecule has 0 saturated heterocycles. The van der Waals surface area contributed by atoms with Crippen LogP contribution in [0.5, 0.6) is 5.75 Å². The monoisotopic (exact) mass is 274 g/mol. The molecule has 0 atom stereocenters. The van der Waals surface area contributed by atoms with E-state index in [1.807, 2.05) is 38.1 Å². The first kappa shape index (κ1) is 13.6. The number of hydrogen-bond acceptors (Lipinski definition) is 2. The number of ketones is 1. The first-order valence-corrected chi connectivity index (χ1v) is 6.37. The van der Waals surface area contributed by atoms with Gasteiger partial charge in [0.2, 0.25) is 0 Å². The Morgan fingerprint density at radius 2 is 1.84 bits per heavy atom. The zero-order valence-corrected chi connectivity index (χ0v) is 11.9. The van der Waals surface area contributed by atoms with Crippen molar-refractivity contribution in [2.75, 3.05) is 7.11 Å². The van der Waals surface area contributed by atoms with Crippen LogP contribution in [0.2, 0.25) is 5.02 Å². The van der Waals surface area contributed by atoms with E-state index in [1.54, 1.807) is 19.2 Å². The summed E-state index contributed by atoms with van der Waals surface area (Å²) in [5, 5.41) is 0.496. The standard InChI is InChI=1S/C16H15ClO2/c1-10-7-8-14(19-3)13(9-10)16(18)12-6-4-5-11(2)15(12)17/h4-9H,1-3H3. The third kappa shape index (κ3) is 2.64. The van der Waals surface area contributed by atoms with Gasteiger partial charge in [0.15, 0.2) is 5.78 Å².